The fourth-order valence-electron chi connectivity index (χ4n) is 2.61. The summed E-state index contributed by atoms with van der Waals surface area (Å²) in [4.78, 5) is 49.1. The Bertz CT molecular complexity index is 999. The number of carboxylic acids is 1. The molecule has 0 fully saturated rings. The molecule has 2 aromatic carbocycles. The Morgan fingerprint density at radius 3 is 2.24 bits per heavy atom. The predicted octanol–water partition coefficient (Wildman–Crippen LogP) is 2.93. The Kier molecular flexibility index (Phi) is 11.9. The first-order chi connectivity index (χ1) is 15.7. The molecule has 2 aromatic rings. The largest absolute Gasteiger partial charge is 0.481 e. The van der Waals surface area contributed by atoms with E-state index in [0.717, 1.165) is 17.7 Å². The van der Waals surface area contributed by atoms with Gasteiger partial charge in [-0.1, -0.05) is 55.8 Å². The van der Waals surface area contributed by atoms with Crippen LogP contribution in [0.4, 0.5) is 0 Å². The summed E-state index contributed by atoms with van der Waals surface area (Å²) < 4.78 is 0. The molecule has 0 spiro atoms. The summed E-state index contributed by atoms with van der Waals surface area (Å²) in [5.74, 6) is -1.58. The molecule has 0 bridgehead atoms. The van der Waals surface area contributed by atoms with Crippen LogP contribution in [0.5, 0.6) is 0 Å². The second-order valence-corrected chi connectivity index (χ2v) is 7.35. The summed E-state index contributed by atoms with van der Waals surface area (Å²) in [7, 11) is 0. The zero-order chi connectivity index (χ0) is 24.8. The van der Waals surface area contributed by atoms with Crippen molar-refractivity contribution < 1.29 is 29.1 Å². The number of carbonyl (C=O) groups is 4. The molecule has 1 heterocycles. The predicted molar refractivity (Wildman–Crippen MR) is 126 cm³/mol. The van der Waals surface area contributed by atoms with E-state index in [1.54, 1.807) is 6.07 Å². The van der Waals surface area contributed by atoms with Gasteiger partial charge in [0, 0.05) is 18.9 Å². The van der Waals surface area contributed by atoms with E-state index in [-0.39, 0.29) is 37.1 Å². The maximum Gasteiger partial charge on any atom is 0.300 e. The highest BCUT2D eigenvalue weighted by atomic mass is 16.6. The summed E-state index contributed by atoms with van der Waals surface area (Å²) in [6.45, 7) is 6.88. The van der Waals surface area contributed by atoms with Crippen LogP contribution in [0.3, 0.4) is 0 Å². The molecule has 2 amide bonds. The summed E-state index contributed by atoms with van der Waals surface area (Å²) in [6.07, 6.45) is 0.767. The standard InChI is InChI=1S/C19H19N3O4.C3H8.C2H4O2/c1-12(23)10-20-19(25)17-9-16(22-26-17)11-21-18(24)15-7-6-13-4-2-3-5-14(13)8-15;1-3-2;1-2(3)4/h2-8,17H,9-11H2,1H3,(H,20,25)(H,21,24);3H2,1-2H3;1H3,(H,3,4). The summed E-state index contributed by atoms with van der Waals surface area (Å²) in [6, 6.07) is 13.3. The molecule has 0 saturated heterocycles. The number of nitrogens with zero attached hydrogens (tertiary/aromatic N) is 1. The van der Waals surface area contributed by atoms with Gasteiger partial charge in [-0.05, 0) is 29.8 Å². The number of nitrogens with one attached hydrogen (secondary N) is 2. The number of benzene rings is 2. The molecule has 0 radical (unpaired) electrons. The average Bonchev–Trinajstić information content (AvgIpc) is 3.25. The van der Waals surface area contributed by atoms with Gasteiger partial charge >= 0.3 is 0 Å². The molecule has 3 N–H and O–H groups in total. The van der Waals surface area contributed by atoms with E-state index < -0.39 is 12.1 Å². The van der Waals surface area contributed by atoms with Crippen LogP contribution in [0.2, 0.25) is 0 Å². The first kappa shape index (κ1) is 27.3. The van der Waals surface area contributed by atoms with E-state index in [4.69, 9.17) is 14.7 Å². The van der Waals surface area contributed by atoms with Gasteiger partial charge in [0.1, 0.15) is 5.78 Å². The van der Waals surface area contributed by atoms with Crippen molar-refractivity contribution in [2.24, 2.45) is 5.16 Å². The van der Waals surface area contributed by atoms with Gasteiger partial charge in [0.15, 0.2) is 0 Å². The molecule has 9 nitrogen and oxygen atoms in total. The summed E-state index contributed by atoms with van der Waals surface area (Å²) >= 11 is 0. The lowest BCUT2D eigenvalue weighted by Crippen LogP contribution is -2.38. The van der Waals surface area contributed by atoms with Gasteiger partial charge in [0.2, 0.25) is 6.10 Å². The Hall–Kier alpha value is -3.75. The van der Waals surface area contributed by atoms with E-state index in [1.807, 2.05) is 36.4 Å². The number of amides is 2. The normalized spacial score (nSPS) is 13.8. The number of fused-ring (bicyclic) bond motifs is 1. The minimum Gasteiger partial charge on any atom is -0.481 e. The van der Waals surface area contributed by atoms with Crippen molar-refractivity contribution >= 4 is 40.1 Å². The van der Waals surface area contributed by atoms with E-state index in [2.05, 4.69) is 29.6 Å². The molecule has 1 atom stereocenters. The quantitative estimate of drug-likeness (QED) is 0.611. The van der Waals surface area contributed by atoms with Gasteiger partial charge in [0.05, 0.1) is 18.8 Å². The molecule has 1 aliphatic rings. The van der Waals surface area contributed by atoms with Crippen molar-refractivity contribution in [1.29, 1.82) is 0 Å². The molecule has 33 heavy (non-hydrogen) atoms. The van der Waals surface area contributed by atoms with Crippen molar-refractivity contribution in [3.8, 4) is 0 Å². The number of hydrogen-bond acceptors (Lipinski definition) is 6. The number of carbonyl (C=O) groups excluding carboxylic acids is 3. The van der Waals surface area contributed by atoms with Crippen molar-refractivity contribution in [3.05, 3.63) is 48.0 Å². The SMILES string of the molecule is CC(=O)CNC(=O)C1CC(CNC(=O)c2ccc3ccccc3c2)=NO1.CC(=O)O.CCC. The van der Waals surface area contributed by atoms with Gasteiger partial charge in [-0.25, -0.2) is 0 Å². The van der Waals surface area contributed by atoms with E-state index >= 15 is 0 Å². The van der Waals surface area contributed by atoms with Crippen molar-refractivity contribution in [2.75, 3.05) is 13.1 Å². The third-order valence-corrected chi connectivity index (χ3v) is 4.00. The zero-order valence-electron chi connectivity index (χ0n) is 19.4. The fourth-order valence-corrected chi connectivity index (χ4v) is 2.61. The Balaban J connectivity index is 0.000000688. The Labute approximate surface area is 193 Å². The maximum absolute atomic E-state index is 12.3. The number of hydrogen-bond donors (Lipinski definition) is 3. The molecule has 178 valence electrons. The second kappa shape index (κ2) is 14.3. The van der Waals surface area contributed by atoms with Crippen molar-refractivity contribution in [2.45, 2.75) is 46.6 Å². The van der Waals surface area contributed by atoms with Crippen molar-refractivity contribution in [1.82, 2.24) is 10.6 Å². The number of ketones is 1. The molecular formula is C24H31N3O6. The first-order valence-corrected chi connectivity index (χ1v) is 10.6. The molecule has 1 unspecified atom stereocenters. The fraction of sp³-hybridized carbons (Fsp3) is 0.375. The van der Waals surface area contributed by atoms with Crippen LogP contribution in [0.1, 0.15) is 50.9 Å². The zero-order valence-corrected chi connectivity index (χ0v) is 19.4. The van der Waals surface area contributed by atoms with Crippen LogP contribution >= 0.6 is 0 Å². The van der Waals surface area contributed by atoms with Gasteiger partial charge < -0.3 is 20.6 Å². The van der Waals surface area contributed by atoms with Crippen LogP contribution in [0, 0.1) is 0 Å². The minimum absolute atomic E-state index is 0.0350. The number of aliphatic carboxylic acids is 1. The third kappa shape index (κ3) is 10.4. The number of Topliss-reactive ketones (excluding diaryl/α,β-unsaturated/α-hetero) is 1. The molecule has 0 saturated carbocycles. The third-order valence-electron chi connectivity index (χ3n) is 4.00. The van der Waals surface area contributed by atoms with E-state index in [1.165, 1.54) is 13.3 Å². The number of carboxylic acid groups (broad SMARTS) is 1. The van der Waals surface area contributed by atoms with Gasteiger partial charge in [-0.15, -0.1) is 0 Å². The Morgan fingerprint density at radius 2 is 1.64 bits per heavy atom. The van der Waals surface area contributed by atoms with Crippen LogP contribution < -0.4 is 10.6 Å². The molecule has 3 rings (SSSR count). The maximum atomic E-state index is 12.3. The number of rotatable bonds is 6. The lowest BCUT2D eigenvalue weighted by Gasteiger charge is -2.08. The molecule has 0 aromatic heterocycles. The minimum atomic E-state index is -0.833. The highest BCUT2D eigenvalue weighted by Crippen LogP contribution is 2.16. The van der Waals surface area contributed by atoms with E-state index in [9.17, 15) is 14.4 Å². The molecular weight excluding hydrogens is 426 g/mol. The smallest absolute Gasteiger partial charge is 0.300 e. The van der Waals surface area contributed by atoms with Crippen molar-refractivity contribution in [3.63, 3.8) is 0 Å². The van der Waals surface area contributed by atoms with Crippen LogP contribution in [-0.4, -0.2) is 53.6 Å². The van der Waals surface area contributed by atoms with Crippen LogP contribution in [-0.2, 0) is 19.2 Å². The summed E-state index contributed by atoms with van der Waals surface area (Å²) in [5, 5.41) is 18.6. The van der Waals surface area contributed by atoms with Crippen LogP contribution in [0.15, 0.2) is 47.6 Å². The lowest BCUT2D eigenvalue weighted by molar-refractivity contribution is -0.134. The Morgan fingerprint density at radius 1 is 1.03 bits per heavy atom. The average molecular weight is 458 g/mol. The van der Waals surface area contributed by atoms with Gasteiger partial charge in [0.25, 0.3) is 17.8 Å². The monoisotopic (exact) mass is 457 g/mol. The number of oxime groups is 1. The highest BCUT2D eigenvalue weighted by Gasteiger charge is 2.28. The van der Waals surface area contributed by atoms with Crippen LogP contribution in [0.25, 0.3) is 10.8 Å². The second-order valence-electron chi connectivity index (χ2n) is 7.35. The van der Waals surface area contributed by atoms with E-state index in [0.29, 0.717) is 11.3 Å². The molecule has 9 heteroatoms. The highest BCUT2D eigenvalue weighted by molar-refractivity contribution is 6.01. The summed E-state index contributed by atoms with van der Waals surface area (Å²) in [5.41, 5.74) is 1.13. The molecule has 1 aliphatic heterocycles. The topological polar surface area (TPSA) is 134 Å². The lowest BCUT2D eigenvalue weighted by atomic mass is 10.1. The first-order valence-electron chi connectivity index (χ1n) is 10.6. The van der Waals surface area contributed by atoms with Gasteiger partial charge in [-0.2, -0.15) is 0 Å². The molecule has 0 aliphatic carbocycles. The van der Waals surface area contributed by atoms with Gasteiger partial charge in [-0.3, -0.25) is 19.2 Å².